The molecule has 0 aromatic carbocycles. The van der Waals surface area contributed by atoms with E-state index in [0.717, 1.165) is 12.1 Å². The summed E-state index contributed by atoms with van der Waals surface area (Å²) in [6.07, 6.45) is 10.6. The van der Waals surface area contributed by atoms with Crippen LogP contribution < -0.4 is 0 Å². The van der Waals surface area contributed by atoms with Gasteiger partial charge in [0.25, 0.3) is 0 Å². The summed E-state index contributed by atoms with van der Waals surface area (Å²) in [5, 5.41) is 0. The van der Waals surface area contributed by atoms with Crippen LogP contribution in [0.3, 0.4) is 0 Å². The van der Waals surface area contributed by atoms with Crippen LogP contribution in [0.25, 0.3) is 0 Å². The molecule has 0 nitrogen and oxygen atoms in total. The third-order valence-corrected chi connectivity index (χ3v) is 7.36. The summed E-state index contributed by atoms with van der Waals surface area (Å²) < 4.78 is 0. The van der Waals surface area contributed by atoms with E-state index in [2.05, 4.69) is 25.7 Å². The van der Waals surface area contributed by atoms with Crippen molar-refractivity contribution in [2.75, 3.05) is 0 Å². The van der Waals surface area contributed by atoms with E-state index in [4.69, 9.17) is 12.8 Å². The summed E-state index contributed by atoms with van der Waals surface area (Å²) in [4.78, 5) is 0. The minimum absolute atomic E-state index is 0.949. The van der Waals surface area contributed by atoms with Crippen molar-refractivity contribution in [2.24, 2.45) is 0 Å². The van der Waals surface area contributed by atoms with Gasteiger partial charge in [-0.2, -0.15) is 0 Å². The number of terminal acetylenes is 2. The van der Waals surface area contributed by atoms with E-state index in [1.54, 1.807) is 0 Å². The highest BCUT2D eigenvalue weighted by Gasteiger charge is 2.26. The Hall–Kier alpha value is -0.663. The minimum atomic E-state index is -1.22. The van der Waals surface area contributed by atoms with Crippen molar-refractivity contribution in [3.05, 3.63) is 0 Å². The van der Waals surface area contributed by atoms with E-state index in [9.17, 15) is 0 Å². The second kappa shape index (κ2) is 5.05. The molecule has 0 unspecified atom stereocenters. The van der Waals surface area contributed by atoms with Gasteiger partial charge in [0.2, 0.25) is 0 Å². The van der Waals surface area contributed by atoms with Gasteiger partial charge >= 0.3 is 0 Å². The zero-order chi connectivity index (χ0) is 8.74. The van der Waals surface area contributed by atoms with Crippen LogP contribution in [0, 0.1) is 24.7 Å². The zero-order valence-corrected chi connectivity index (χ0v) is 8.48. The molecule has 0 amide bonds. The second-order valence-corrected chi connectivity index (χ2v) is 8.09. The molecule has 0 aromatic heterocycles. The highest BCUT2D eigenvalue weighted by atomic mass is 28.3. The standard InChI is InChI=1S/C10H16Si/c1-5-9-11(7-3,8-4)10-6-2/h1-2H,7-10H2,3-4H3. The van der Waals surface area contributed by atoms with Crippen LogP contribution in [0.5, 0.6) is 0 Å². The molecule has 0 N–H and O–H groups in total. The third-order valence-electron chi connectivity index (χ3n) is 2.45. The van der Waals surface area contributed by atoms with E-state index in [1.807, 2.05) is 0 Å². The van der Waals surface area contributed by atoms with Gasteiger partial charge < -0.3 is 0 Å². The predicted molar refractivity (Wildman–Crippen MR) is 54.0 cm³/mol. The van der Waals surface area contributed by atoms with E-state index in [1.165, 1.54) is 12.1 Å². The fourth-order valence-corrected chi connectivity index (χ4v) is 3.74. The van der Waals surface area contributed by atoms with Crippen molar-refractivity contribution >= 4 is 8.07 Å². The summed E-state index contributed by atoms with van der Waals surface area (Å²) in [5.74, 6) is 5.52. The quantitative estimate of drug-likeness (QED) is 0.443. The van der Waals surface area contributed by atoms with Gasteiger partial charge in [0.15, 0.2) is 0 Å². The van der Waals surface area contributed by atoms with Crippen molar-refractivity contribution in [3.8, 4) is 24.7 Å². The smallest absolute Gasteiger partial charge is 0.0784 e. The van der Waals surface area contributed by atoms with Crippen molar-refractivity contribution in [3.63, 3.8) is 0 Å². The SMILES string of the molecule is C#CC[Si](CC)(CC)CC#C. The molecule has 11 heavy (non-hydrogen) atoms. The molecule has 0 bridgehead atoms. The van der Waals surface area contributed by atoms with E-state index in [0.29, 0.717) is 0 Å². The zero-order valence-electron chi connectivity index (χ0n) is 7.48. The first-order chi connectivity index (χ1) is 5.24. The first kappa shape index (κ1) is 10.3. The molecule has 0 aliphatic heterocycles. The molecular formula is C10H16Si. The largest absolute Gasteiger partial charge is 0.120 e. The van der Waals surface area contributed by atoms with E-state index < -0.39 is 8.07 Å². The molecule has 0 aliphatic rings. The first-order valence-corrected chi connectivity index (χ1v) is 6.94. The lowest BCUT2D eigenvalue weighted by Gasteiger charge is -2.24. The Morgan fingerprint density at radius 2 is 1.36 bits per heavy atom. The molecule has 0 fully saturated rings. The van der Waals surface area contributed by atoms with Crippen molar-refractivity contribution in [2.45, 2.75) is 38.0 Å². The number of rotatable bonds is 4. The topological polar surface area (TPSA) is 0 Å². The van der Waals surface area contributed by atoms with Crippen LogP contribution in [0.2, 0.25) is 24.2 Å². The lowest BCUT2D eigenvalue weighted by molar-refractivity contribution is 1.20. The second-order valence-electron chi connectivity index (χ2n) is 2.97. The Labute approximate surface area is 71.4 Å². The molecule has 0 saturated carbocycles. The van der Waals surface area contributed by atoms with Gasteiger partial charge in [-0.3, -0.25) is 0 Å². The number of hydrogen-bond acceptors (Lipinski definition) is 0. The van der Waals surface area contributed by atoms with Gasteiger partial charge in [-0.15, -0.1) is 24.7 Å². The maximum atomic E-state index is 5.31. The Morgan fingerprint density at radius 1 is 1.00 bits per heavy atom. The van der Waals surface area contributed by atoms with Crippen molar-refractivity contribution < 1.29 is 0 Å². The summed E-state index contributed by atoms with van der Waals surface area (Å²) in [7, 11) is -1.22. The Morgan fingerprint density at radius 3 is 1.55 bits per heavy atom. The maximum Gasteiger partial charge on any atom is 0.0784 e. The third kappa shape index (κ3) is 2.83. The monoisotopic (exact) mass is 164 g/mol. The summed E-state index contributed by atoms with van der Waals surface area (Å²) >= 11 is 0. The lowest BCUT2D eigenvalue weighted by Crippen LogP contribution is -2.30. The Balaban J connectivity index is 4.25. The van der Waals surface area contributed by atoms with Crippen LogP contribution in [-0.2, 0) is 0 Å². The summed E-state index contributed by atoms with van der Waals surface area (Å²) in [5.41, 5.74) is 0. The molecule has 0 atom stereocenters. The van der Waals surface area contributed by atoms with Gasteiger partial charge in [0.05, 0.1) is 8.07 Å². The Bertz CT molecular complexity index is 158. The van der Waals surface area contributed by atoms with Gasteiger partial charge in [0, 0.05) is 12.1 Å². The minimum Gasteiger partial charge on any atom is -0.120 e. The molecule has 0 aromatic rings. The highest BCUT2D eigenvalue weighted by molar-refractivity contribution is 6.80. The van der Waals surface area contributed by atoms with Crippen LogP contribution in [0.4, 0.5) is 0 Å². The van der Waals surface area contributed by atoms with Gasteiger partial charge in [-0.05, 0) is 0 Å². The molecule has 60 valence electrons. The summed E-state index contributed by atoms with van der Waals surface area (Å²) in [6.45, 7) is 4.43. The van der Waals surface area contributed by atoms with Crippen molar-refractivity contribution in [1.82, 2.24) is 0 Å². The molecule has 0 heterocycles. The first-order valence-electron chi connectivity index (χ1n) is 4.11. The fraction of sp³-hybridized carbons (Fsp3) is 0.600. The fourth-order valence-electron chi connectivity index (χ4n) is 1.25. The summed E-state index contributed by atoms with van der Waals surface area (Å²) in [6, 6.07) is 4.34. The Kier molecular flexibility index (Phi) is 4.74. The molecule has 0 saturated heterocycles. The van der Waals surface area contributed by atoms with Gasteiger partial charge in [0.1, 0.15) is 0 Å². The van der Waals surface area contributed by atoms with Gasteiger partial charge in [-0.1, -0.05) is 25.9 Å². The van der Waals surface area contributed by atoms with Crippen molar-refractivity contribution in [1.29, 1.82) is 0 Å². The molecule has 0 aliphatic carbocycles. The normalized spacial score (nSPS) is 10.2. The number of hydrogen-bond donors (Lipinski definition) is 0. The predicted octanol–water partition coefficient (Wildman–Crippen LogP) is 2.74. The van der Waals surface area contributed by atoms with E-state index in [-0.39, 0.29) is 0 Å². The molecule has 0 radical (unpaired) electrons. The lowest BCUT2D eigenvalue weighted by atomic mass is 10.8. The molecular weight excluding hydrogens is 148 g/mol. The average Bonchev–Trinajstić information content (AvgIpc) is 2.04. The van der Waals surface area contributed by atoms with Gasteiger partial charge in [-0.25, -0.2) is 0 Å². The van der Waals surface area contributed by atoms with E-state index >= 15 is 0 Å². The molecule has 1 heteroatoms. The van der Waals surface area contributed by atoms with Crippen LogP contribution in [-0.4, -0.2) is 8.07 Å². The van der Waals surface area contributed by atoms with Crippen LogP contribution >= 0.6 is 0 Å². The van der Waals surface area contributed by atoms with Crippen LogP contribution in [0.15, 0.2) is 0 Å². The highest BCUT2D eigenvalue weighted by Crippen LogP contribution is 2.23. The van der Waals surface area contributed by atoms with Crippen LogP contribution in [0.1, 0.15) is 13.8 Å². The molecule has 0 rings (SSSR count). The average molecular weight is 164 g/mol. The molecule has 0 spiro atoms. The maximum absolute atomic E-state index is 5.31.